The molecule has 2 aliphatic rings. The van der Waals surface area contributed by atoms with Gasteiger partial charge in [-0.2, -0.15) is 5.10 Å². The first-order valence-corrected chi connectivity index (χ1v) is 11.6. The molecule has 0 bridgehead atoms. The zero-order chi connectivity index (χ0) is 22.3. The zero-order valence-corrected chi connectivity index (χ0v) is 22.2. The highest BCUT2D eigenvalue weighted by atomic mass is 127. The number of nitrogens with zero attached hydrogens (tertiary/aromatic N) is 4. The Labute approximate surface area is 213 Å². The molecule has 182 valence electrons. The van der Waals surface area contributed by atoms with E-state index in [-0.39, 0.29) is 36.2 Å². The van der Waals surface area contributed by atoms with Crippen molar-refractivity contribution in [1.29, 1.82) is 0 Å². The van der Waals surface area contributed by atoms with Crippen molar-refractivity contribution in [3.05, 3.63) is 41.7 Å². The number of halogens is 1. The molecule has 33 heavy (non-hydrogen) atoms. The number of aryl methyl sites for hydroxylation is 1. The lowest BCUT2D eigenvalue weighted by Crippen LogP contribution is -2.48. The minimum absolute atomic E-state index is 0. The van der Waals surface area contributed by atoms with Gasteiger partial charge in [0.05, 0.1) is 39.1 Å². The maximum Gasteiger partial charge on any atom is 0.194 e. The Morgan fingerprint density at radius 1 is 1.30 bits per heavy atom. The standard InChI is InChI=1S/C24H35N5O3.HI/c1-4-25-24(29-11-12-31-23(17-29)19-15-27-28(2)16-19)26-14-18-9-10-21(30-3)13-22(18)32-20-7-5-6-8-20;/h9-10,13,15-16,20,23H,4-8,11-12,14,17H2,1-3H3,(H,25,26);1H. The second-order valence-corrected chi connectivity index (χ2v) is 8.42. The van der Waals surface area contributed by atoms with Gasteiger partial charge in [0.15, 0.2) is 5.96 Å². The molecule has 2 fully saturated rings. The molecule has 1 aromatic heterocycles. The summed E-state index contributed by atoms with van der Waals surface area (Å²) < 4.78 is 19.6. The van der Waals surface area contributed by atoms with Gasteiger partial charge in [0.25, 0.3) is 0 Å². The van der Waals surface area contributed by atoms with Gasteiger partial charge in [0.1, 0.15) is 17.6 Å². The molecule has 2 aromatic rings. The first-order valence-electron chi connectivity index (χ1n) is 11.6. The van der Waals surface area contributed by atoms with Crippen LogP contribution in [0, 0.1) is 0 Å². The lowest BCUT2D eigenvalue weighted by molar-refractivity contribution is -0.00805. The number of aliphatic imine (C=N–C) groups is 1. The summed E-state index contributed by atoms with van der Waals surface area (Å²) in [6.07, 6.45) is 8.88. The quantitative estimate of drug-likeness (QED) is 0.310. The second kappa shape index (κ2) is 12.5. The Hall–Kier alpha value is -2.01. The molecule has 1 aromatic carbocycles. The van der Waals surface area contributed by atoms with Gasteiger partial charge in [-0.1, -0.05) is 0 Å². The van der Waals surface area contributed by atoms with Crippen molar-refractivity contribution >= 4 is 29.9 Å². The molecule has 0 amide bonds. The molecule has 1 atom stereocenters. The molecule has 1 unspecified atom stereocenters. The minimum atomic E-state index is -0.0106. The van der Waals surface area contributed by atoms with Crippen molar-refractivity contribution in [2.75, 3.05) is 33.4 Å². The van der Waals surface area contributed by atoms with Crippen LogP contribution >= 0.6 is 24.0 Å². The second-order valence-electron chi connectivity index (χ2n) is 8.42. The highest BCUT2D eigenvalue weighted by Crippen LogP contribution is 2.30. The Morgan fingerprint density at radius 2 is 2.12 bits per heavy atom. The van der Waals surface area contributed by atoms with Gasteiger partial charge < -0.3 is 24.4 Å². The number of morpholine rings is 1. The van der Waals surface area contributed by atoms with Gasteiger partial charge in [-0.15, -0.1) is 24.0 Å². The lowest BCUT2D eigenvalue weighted by atomic mass is 10.1. The van der Waals surface area contributed by atoms with Crippen LogP contribution in [0.3, 0.4) is 0 Å². The summed E-state index contributed by atoms with van der Waals surface area (Å²) in [5.41, 5.74) is 2.17. The van der Waals surface area contributed by atoms with Crippen molar-refractivity contribution in [3.8, 4) is 11.5 Å². The number of guanidine groups is 1. The molecule has 9 heteroatoms. The Morgan fingerprint density at radius 3 is 2.82 bits per heavy atom. The Kier molecular flexibility index (Phi) is 9.66. The normalized spacial score (nSPS) is 19.3. The minimum Gasteiger partial charge on any atom is -0.497 e. The fourth-order valence-electron chi connectivity index (χ4n) is 4.32. The summed E-state index contributed by atoms with van der Waals surface area (Å²) in [4.78, 5) is 7.24. The SMILES string of the molecule is CCNC(=NCc1ccc(OC)cc1OC1CCCC1)N1CCOC(c2cnn(C)c2)C1.I. The third kappa shape index (κ3) is 6.75. The predicted molar refractivity (Wildman–Crippen MR) is 140 cm³/mol. The summed E-state index contributed by atoms with van der Waals surface area (Å²) in [5.74, 6) is 2.59. The van der Waals surface area contributed by atoms with Crippen molar-refractivity contribution in [3.63, 3.8) is 0 Å². The number of hydrogen-bond donors (Lipinski definition) is 1. The third-order valence-corrected chi connectivity index (χ3v) is 6.07. The summed E-state index contributed by atoms with van der Waals surface area (Å²) in [6.45, 7) is 5.65. The number of benzene rings is 1. The highest BCUT2D eigenvalue weighted by molar-refractivity contribution is 14.0. The molecular weight excluding hydrogens is 533 g/mol. The van der Waals surface area contributed by atoms with Crippen LogP contribution in [0.4, 0.5) is 0 Å². The maximum absolute atomic E-state index is 6.35. The Balaban J connectivity index is 0.00000306. The van der Waals surface area contributed by atoms with E-state index in [9.17, 15) is 0 Å². The number of methoxy groups -OCH3 is 1. The van der Waals surface area contributed by atoms with E-state index >= 15 is 0 Å². The van der Waals surface area contributed by atoms with Crippen LogP contribution in [0.1, 0.15) is 49.8 Å². The van der Waals surface area contributed by atoms with Gasteiger partial charge in [-0.3, -0.25) is 4.68 Å². The molecule has 0 spiro atoms. The number of nitrogens with one attached hydrogen (secondary N) is 1. The van der Waals surface area contributed by atoms with Crippen molar-refractivity contribution in [2.45, 2.75) is 51.4 Å². The van der Waals surface area contributed by atoms with E-state index in [2.05, 4.69) is 28.3 Å². The van der Waals surface area contributed by atoms with E-state index in [1.54, 1.807) is 7.11 Å². The first kappa shape index (κ1) is 25.6. The molecule has 0 radical (unpaired) electrons. The van der Waals surface area contributed by atoms with Gasteiger partial charge in [0, 0.05) is 43.5 Å². The van der Waals surface area contributed by atoms with Crippen LogP contribution < -0.4 is 14.8 Å². The molecule has 1 N–H and O–H groups in total. The van der Waals surface area contributed by atoms with Crippen LogP contribution in [0.15, 0.2) is 35.6 Å². The smallest absolute Gasteiger partial charge is 0.194 e. The fraction of sp³-hybridized carbons (Fsp3) is 0.583. The monoisotopic (exact) mass is 569 g/mol. The summed E-state index contributed by atoms with van der Waals surface area (Å²) in [5, 5.41) is 7.74. The number of ether oxygens (including phenoxy) is 3. The van der Waals surface area contributed by atoms with E-state index in [0.717, 1.165) is 61.1 Å². The van der Waals surface area contributed by atoms with Crippen LogP contribution in [-0.4, -0.2) is 60.1 Å². The fourth-order valence-corrected chi connectivity index (χ4v) is 4.32. The van der Waals surface area contributed by atoms with Gasteiger partial charge in [0.2, 0.25) is 0 Å². The van der Waals surface area contributed by atoms with Crippen LogP contribution in [-0.2, 0) is 18.3 Å². The molecule has 2 heterocycles. The molecule has 4 rings (SSSR count). The highest BCUT2D eigenvalue weighted by Gasteiger charge is 2.25. The summed E-state index contributed by atoms with van der Waals surface area (Å²) in [6, 6.07) is 6.03. The Bertz CT molecular complexity index is 913. The molecular formula is C24H36IN5O3. The van der Waals surface area contributed by atoms with E-state index in [4.69, 9.17) is 19.2 Å². The molecule has 1 saturated carbocycles. The lowest BCUT2D eigenvalue weighted by Gasteiger charge is -2.34. The van der Waals surface area contributed by atoms with Gasteiger partial charge in [-0.25, -0.2) is 4.99 Å². The van der Waals surface area contributed by atoms with Crippen LogP contribution in [0.25, 0.3) is 0 Å². The third-order valence-electron chi connectivity index (χ3n) is 6.07. The number of hydrogen-bond acceptors (Lipinski definition) is 5. The number of rotatable bonds is 7. The van der Waals surface area contributed by atoms with E-state index in [0.29, 0.717) is 13.2 Å². The zero-order valence-electron chi connectivity index (χ0n) is 19.8. The predicted octanol–water partition coefficient (Wildman–Crippen LogP) is 3.91. The van der Waals surface area contributed by atoms with Gasteiger partial charge in [-0.05, 0) is 44.7 Å². The molecule has 1 saturated heterocycles. The van der Waals surface area contributed by atoms with Gasteiger partial charge >= 0.3 is 0 Å². The van der Waals surface area contributed by atoms with E-state index < -0.39 is 0 Å². The maximum atomic E-state index is 6.35. The van der Waals surface area contributed by atoms with Crippen LogP contribution in [0.2, 0.25) is 0 Å². The number of aromatic nitrogens is 2. The first-order chi connectivity index (χ1) is 15.7. The molecule has 1 aliphatic carbocycles. The average Bonchev–Trinajstić information content (AvgIpc) is 3.49. The summed E-state index contributed by atoms with van der Waals surface area (Å²) >= 11 is 0. The molecule has 1 aliphatic heterocycles. The van der Waals surface area contributed by atoms with Crippen molar-refractivity contribution < 1.29 is 14.2 Å². The van der Waals surface area contributed by atoms with E-state index in [1.807, 2.05) is 36.3 Å². The summed E-state index contributed by atoms with van der Waals surface area (Å²) in [7, 11) is 3.61. The van der Waals surface area contributed by atoms with Crippen molar-refractivity contribution in [1.82, 2.24) is 20.0 Å². The molecule has 8 nitrogen and oxygen atoms in total. The van der Waals surface area contributed by atoms with Crippen molar-refractivity contribution in [2.24, 2.45) is 12.0 Å². The van der Waals surface area contributed by atoms with E-state index in [1.165, 1.54) is 12.8 Å². The largest absolute Gasteiger partial charge is 0.497 e. The van der Waals surface area contributed by atoms with Crippen LogP contribution in [0.5, 0.6) is 11.5 Å². The average molecular weight is 569 g/mol. The topological polar surface area (TPSA) is 73.1 Å².